The molecule has 0 spiro atoms. The molecule has 1 aliphatic rings. The van der Waals surface area contributed by atoms with E-state index in [9.17, 15) is 4.79 Å². The number of fused-ring (bicyclic) bond motifs is 1. The maximum absolute atomic E-state index is 12.8. The van der Waals surface area contributed by atoms with E-state index in [-0.39, 0.29) is 11.9 Å². The molecule has 0 bridgehead atoms. The Morgan fingerprint density at radius 2 is 1.78 bits per heavy atom. The third-order valence-corrected chi connectivity index (χ3v) is 5.60. The molecule has 1 unspecified atom stereocenters. The standard InChI is InChI=1S/C24H32N2O/c1-3-5-11-17-25-18-16-20-12-9-10-15-22(20)23(25)19-26(24(27)4-2)21-13-7-6-8-14-21/h6-10,12-15,23H,3-5,11,16-19H2,1-2H3. The normalized spacial score (nSPS) is 16.7. The number of anilines is 1. The number of nitrogens with zero attached hydrogens (tertiary/aromatic N) is 2. The predicted molar refractivity (Wildman–Crippen MR) is 113 cm³/mol. The van der Waals surface area contributed by atoms with Gasteiger partial charge in [0.05, 0.1) is 6.04 Å². The second kappa shape index (κ2) is 9.70. The van der Waals surface area contributed by atoms with Gasteiger partial charge in [-0.05, 0) is 42.6 Å². The van der Waals surface area contributed by atoms with Crippen molar-refractivity contribution in [1.82, 2.24) is 4.90 Å². The highest BCUT2D eigenvalue weighted by Crippen LogP contribution is 2.32. The second-order valence-corrected chi connectivity index (χ2v) is 7.40. The number of hydrogen-bond acceptors (Lipinski definition) is 2. The van der Waals surface area contributed by atoms with Crippen LogP contribution in [0.25, 0.3) is 0 Å². The van der Waals surface area contributed by atoms with Gasteiger partial charge in [-0.3, -0.25) is 9.69 Å². The highest BCUT2D eigenvalue weighted by Gasteiger charge is 2.30. The van der Waals surface area contributed by atoms with E-state index in [0.29, 0.717) is 6.42 Å². The summed E-state index contributed by atoms with van der Waals surface area (Å²) >= 11 is 0. The van der Waals surface area contributed by atoms with Gasteiger partial charge >= 0.3 is 0 Å². The van der Waals surface area contributed by atoms with E-state index < -0.39 is 0 Å². The fraction of sp³-hybridized carbons (Fsp3) is 0.458. The minimum absolute atomic E-state index is 0.192. The van der Waals surface area contributed by atoms with Gasteiger partial charge < -0.3 is 4.90 Å². The monoisotopic (exact) mass is 364 g/mol. The highest BCUT2D eigenvalue weighted by molar-refractivity contribution is 5.93. The molecule has 3 rings (SSSR count). The minimum atomic E-state index is 0.192. The lowest BCUT2D eigenvalue weighted by Crippen LogP contribution is -2.44. The molecule has 3 nitrogen and oxygen atoms in total. The summed E-state index contributed by atoms with van der Waals surface area (Å²) in [6.45, 7) is 7.11. The number of unbranched alkanes of at least 4 members (excludes halogenated alkanes) is 2. The van der Waals surface area contributed by atoms with Crippen molar-refractivity contribution in [3.05, 3.63) is 65.7 Å². The number of hydrogen-bond donors (Lipinski definition) is 0. The zero-order chi connectivity index (χ0) is 19.1. The number of rotatable bonds is 8. The van der Waals surface area contributed by atoms with E-state index in [0.717, 1.165) is 31.7 Å². The third-order valence-electron chi connectivity index (χ3n) is 5.60. The molecule has 0 saturated carbocycles. The molecule has 0 aliphatic carbocycles. The summed E-state index contributed by atoms with van der Waals surface area (Å²) in [5.41, 5.74) is 3.83. The van der Waals surface area contributed by atoms with Crippen LogP contribution in [0.3, 0.4) is 0 Å². The molecule has 3 heteroatoms. The Hall–Kier alpha value is -2.13. The van der Waals surface area contributed by atoms with Crippen LogP contribution in [0, 0.1) is 0 Å². The Balaban J connectivity index is 1.89. The summed E-state index contributed by atoms with van der Waals surface area (Å²) in [6, 6.07) is 19.2. The lowest BCUT2D eigenvalue weighted by molar-refractivity contribution is -0.118. The summed E-state index contributed by atoms with van der Waals surface area (Å²) < 4.78 is 0. The molecule has 1 amide bonds. The lowest BCUT2D eigenvalue weighted by Gasteiger charge is -2.40. The van der Waals surface area contributed by atoms with Crippen LogP contribution in [0.5, 0.6) is 0 Å². The van der Waals surface area contributed by atoms with E-state index in [4.69, 9.17) is 0 Å². The van der Waals surface area contributed by atoms with Crippen LogP contribution >= 0.6 is 0 Å². The molecule has 0 saturated heterocycles. The van der Waals surface area contributed by atoms with Crippen molar-refractivity contribution in [2.45, 2.75) is 52.0 Å². The smallest absolute Gasteiger partial charge is 0.226 e. The first kappa shape index (κ1) is 19.6. The van der Waals surface area contributed by atoms with E-state index in [1.54, 1.807) is 0 Å². The van der Waals surface area contributed by atoms with Crippen molar-refractivity contribution in [3.63, 3.8) is 0 Å². The molecule has 144 valence electrons. The number of carbonyl (C=O) groups is 1. The van der Waals surface area contributed by atoms with E-state index in [1.165, 1.54) is 30.4 Å². The third kappa shape index (κ3) is 4.78. The molecule has 0 aromatic heterocycles. The predicted octanol–water partition coefficient (Wildman–Crippen LogP) is 5.22. The molecular formula is C24H32N2O. The molecule has 0 fully saturated rings. The summed E-state index contributed by atoms with van der Waals surface area (Å²) in [5.74, 6) is 0.192. The molecule has 2 aromatic rings. The van der Waals surface area contributed by atoms with Gasteiger partial charge in [-0.1, -0.05) is 69.2 Å². The van der Waals surface area contributed by atoms with Gasteiger partial charge in [0.15, 0.2) is 0 Å². The van der Waals surface area contributed by atoms with Crippen LogP contribution in [-0.2, 0) is 11.2 Å². The van der Waals surface area contributed by atoms with E-state index in [1.807, 2.05) is 42.2 Å². The van der Waals surface area contributed by atoms with Crippen LogP contribution in [0.4, 0.5) is 5.69 Å². The Morgan fingerprint density at radius 1 is 1.04 bits per heavy atom. The Labute approximate surface area is 164 Å². The van der Waals surface area contributed by atoms with Gasteiger partial charge in [-0.2, -0.15) is 0 Å². The van der Waals surface area contributed by atoms with Gasteiger partial charge in [0.1, 0.15) is 0 Å². The largest absolute Gasteiger partial charge is 0.311 e. The Kier molecular flexibility index (Phi) is 7.05. The lowest BCUT2D eigenvalue weighted by atomic mass is 9.91. The second-order valence-electron chi connectivity index (χ2n) is 7.40. The minimum Gasteiger partial charge on any atom is -0.311 e. The molecule has 0 radical (unpaired) electrons. The van der Waals surface area contributed by atoms with Crippen molar-refractivity contribution in [2.75, 3.05) is 24.5 Å². The summed E-state index contributed by atoms with van der Waals surface area (Å²) in [6.07, 6.45) is 5.36. The summed E-state index contributed by atoms with van der Waals surface area (Å²) in [4.78, 5) is 17.4. The Morgan fingerprint density at radius 3 is 2.52 bits per heavy atom. The maximum Gasteiger partial charge on any atom is 0.226 e. The van der Waals surface area contributed by atoms with Crippen molar-refractivity contribution in [1.29, 1.82) is 0 Å². The Bertz CT molecular complexity index is 728. The number of carbonyl (C=O) groups excluding carboxylic acids is 1. The molecule has 27 heavy (non-hydrogen) atoms. The SMILES string of the molecule is CCCCCN1CCc2ccccc2C1CN(C(=O)CC)c1ccccc1. The van der Waals surface area contributed by atoms with Gasteiger partial charge in [-0.25, -0.2) is 0 Å². The average Bonchev–Trinajstić information content (AvgIpc) is 2.73. The van der Waals surface area contributed by atoms with Crippen LogP contribution < -0.4 is 4.90 Å². The first-order valence-corrected chi connectivity index (χ1v) is 10.4. The highest BCUT2D eigenvalue weighted by atomic mass is 16.2. The van der Waals surface area contributed by atoms with Crippen LogP contribution in [-0.4, -0.2) is 30.4 Å². The van der Waals surface area contributed by atoms with E-state index >= 15 is 0 Å². The average molecular weight is 365 g/mol. The molecule has 1 aliphatic heterocycles. The topological polar surface area (TPSA) is 23.6 Å². The fourth-order valence-electron chi connectivity index (χ4n) is 4.07. The van der Waals surface area contributed by atoms with Crippen LogP contribution in [0.15, 0.2) is 54.6 Å². The summed E-state index contributed by atoms with van der Waals surface area (Å²) in [5, 5.41) is 0. The fourth-order valence-corrected chi connectivity index (χ4v) is 4.07. The van der Waals surface area contributed by atoms with Gasteiger partial charge in [0.25, 0.3) is 0 Å². The quantitative estimate of drug-likeness (QED) is 0.600. The van der Waals surface area contributed by atoms with Crippen molar-refractivity contribution in [2.24, 2.45) is 0 Å². The molecule has 2 aromatic carbocycles. The van der Waals surface area contributed by atoms with E-state index in [2.05, 4.69) is 36.1 Å². The van der Waals surface area contributed by atoms with Crippen molar-refractivity contribution in [3.8, 4) is 0 Å². The van der Waals surface area contributed by atoms with Crippen LogP contribution in [0.2, 0.25) is 0 Å². The van der Waals surface area contributed by atoms with Gasteiger partial charge in [0.2, 0.25) is 5.91 Å². The first-order chi connectivity index (χ1) is 13.2. The van der Waals surface area contributed by atoms with Gasteiger partial charge in [-0.15, -0.1) is 0 Å². The molecule has 0 N–H and O–H groups in total. The number of para-hydroxylation sites is 1. The number of amides is 1. The molecule has 1 heterocycles. The number of benzene rings is 2. The first-order valence-electron chi connectivity index (χ1n) is 10.4. The van der Waals surface area contributed by atoms with Crippen molar-refractivity contribution >= 4 is 11.6 Å². The zero-order valence-electron chi connectivity index (χ0n) is 16.7. The van der Waals surface area contributed by atoms with Crippen LogP contribution in [0.1, 0.15) is 56.7 Å². The zero-order valence-corrected chi connectivity index (χ0v) is 16.7. The van der Waals surface area contributed by atoms with Gasteiger partial charge in [0, 0.05) is 25.2 Å². The maximum atomic E-state index is 12.8. The van der Waals surface area contributed by atoms with Crippen molar-refractivity contribution < 1.29 is 4.79 Å². The summed E-state index contributed by atoms with van der Waals surface area (Å²) in [7, 11) is 0. The molecular weight excluding hydrogens is 332 g/mol. The molecule has 1 atom stereocenters.